The summed E-state index contributed by atoms with van der Waals surface area (Å²) in [4.78, 5) is 41.6. The van der Waals surface area contributed by atoms with Gasteiger partial charge in [-0.1, -0.05) is 63.8 Å². The Labute approximate surface area is 217 Å². The van der Waals surface area contributed by atoms with Gasteiger partial charge in [-0.25, -0.2) is 4.79 Å². The molecule has 0 saturated carbocycles. The number of aliphatic hydroxyl groups excluding tert-OH is 1. The van der Waals surface area contributed by atoms with Crippen molar-refractivity contribution in [1.29, 1.82) is 0 Å². The molecule has 1 aromatic rings. The van der Waals surface area contributed by atoms with Crippen molar-refractivity contribution in [1.82, 2.24) is 15.5 Å². The second-order valence-corrected chi connectivity index (χ2v) is 10.5. The van der Waals surface area contributed by atoms with E-state index in [-0.39, 0.29) is 25.0 Å². The van der Waals surface area contributed by atoms with Crippen LogP contribution in [0, 0.1) is 19.8 Å². The molecular formula is C28H47N3O5. The number of aryl methyl sites for hydroxylation is 2. The minimum Gasteiger partial charge on any atom is -0.444 e. The number of benzene rings is 1. The molecule has 8 heteroatoms. The first kappa shape index (κ1) is 31.4. The zero-order chi connectivity index (χ0) is 27.5. The number of carbonyl (C=O) groups excluding carboxylic acids is 3. The van der Waals surface area contributed by atoms with Crippen LogP contribution in [-0.2, 0) is 14.3 Å². The number of rotatable bonds is 13. The molecule has 36 heavy (non-hydrogen) atoms. The van der Waals surface area contributed by atoms with Crippen LogP contribution in [0.3, 0.4) is 0 Å². The number of alkyl carbamates (subject to hydrolysis) is 1. The predicted molar refractivity (Wildman–Crippen MR) is 143 cm³/mol. The van der Waals surface area contributed by atoms with Crippen LogP contribution in [0.2, 0.25) is 0 Å². The number of nitrogens with one attached hydrogen (secondary N) is 2. The molecule has 0 aliphatic carbocycles. The van der Waals surface area contributed by atoms with Gasteiger partial charge < -0.3 is 25.4 Å². The van der Waals surface area contributed by atoms with Crippen LogP contribution in [-0.4, -0.2) is 59.3 Å². The summed E-state index contributed by atoms with van der Waals surface area (Å²) in [6.45, 7) is 15.1. The highest BCUT2D eigenvalue weighted by Crippen LogP contribution is 2.28. The highest BCUT2D eigenvalue weighted by molar-refractivity contribution is 5.92. The second kappa shape index (κ2) is 14.8. The number of aliphatic hydroxyl groups is 1. The van der Waals surface area contributed by atoms with Gasteiger partial charge in [-0.05, 0) is 58.1 Å². The van der Waals surface area contributed by atoms with Crippen LogP contribution >= 0.6 is 0 Å². The number of ether oxygens (including phenoxy) is 1. The predicted octanol–water partition coefficient (Wildman–Crippen LogP) is 4.41. The van der Waals surface area contributed by atoms with Crippen LogP contribution in [0.4, 0.5) is 4.79 Å². The fourth-order valence-corrected chi connectivity index (χ4v) is 3.96. The average molecular weight is 506 g/mol. The van der Waals surface area contributed by atoms with Gasteiger partial charge in [-0.15, -0.1) is 0 Å². The minimum atomic E-state index is -0.946. The van der Waals surface area contributed by atoms with Crippen molar-refractivity contribution in [3.05, 3.63) is 34.9 Å². The van der Waals surface area contributed by atoms with Crippen LogP contribution in [0.1, 0.15) is 90.0 Å². The molecular weight excluding hydrogens is 458 g/mol. The molecule has 1 rings (SSSR count). The topological polar surface area (TPSA) is 108 Å². The molecule has 0 heterocycles. The quantitative estimate of drug-likeness (QED) is 0.344. The first-order valence-electron chi connectivity index (χ1n) is 13.1. The molecule has 0 saturated heterocycles. The molecule has 0 spiro atoms. The number of hydrogen-bond donors (Lipinski definition) is 3. The van der Waals surface area contributed by atoms with E-state index in [0.717, 1.165) is 30.4 Å². The standard InChI is InChI=1S/C28H47N3O5/c1-9-11-12-15-29-25(33)24(22-18-19(3)13-14-21(22)5)31(16-17-32)26(34)23(20(4)10-2)30-27(35)36-28(6,7)8/h13-14,18,20,23-24,32H,9-12,15-17H2,1-8H3,(H,29,33)(H,30,35). The largest absolute Gasteiger partial charge is 0.444 e. The Morgan fingerprint density at radius 1 is 1.11 bits per heavy atom. The molecule has 3 unspecified atom stereocenters. The monoisotopic (exact) mass is 505 g/mol. The Kier molecular flexibility index (Phi) is 12.9. The summed E-state index contributed by atoms with van der Waals surface area (Å²) in [5.41, 5.74) is 1.80. The van der Waals surface area contributed by atoms with E-state index in [0.29, 0.717) is 18.5 Å². The molecule has 8 nitrogen and oxygen atoms in total. The maximum atomic E-state index is 14.0. The highest BCUT2D eigenvalue weighted by atomic mass is 16.6. The van der Waals surface area contributed by atoms with E-state index in [9.17, 15) is 19.5 Å². The molecule has 3 atom stereocenters. The normalized spacial score (nSPS) is 13.9. The lowest BCUT2D eigenvalue weighted by Gasteiger charge is -2.36. The summed E-state index contributed by atoms with van der Waals surface area (Å²) in [7, 11) is 0. The Morgan fingerprint density at radius 3 is 2.33 bits per heavy atom. The summed E-state index contributed by atoms with van der Waals surface area (Å²) in [6, 6.07) is 3.92. The van der Waals surface area contributed by atoms with E-state index in [1.165, 1.54) is 4.90 Å². The average Bonchev–Trinajstić information content (AvgIpc) is 2.80. The number of nitrogens with zero attached hydrogens (tertiary/aromatic N) is 1. The molecule has 1 aromatic carbocycles. The van der Waals surface area contributed by atoms with Crippen LogP contribution in [0.25, 0.3) is 0 Å². The van der Waals surface area contributed by atoms with Crippen molar-refractivity contribution in [3.8, 4) is 0 Å². The SMILES string of the molecule is CCCCCNC(=O)C(c1cc(C)ccc1C)N(CCO)C(=O)C(NC(=O)OC(C)(C)C)C(C)CC. The Bertz CT molecular complexity index is 865. The van der Waals surface area contributed by atoms with E-state index < -0.39 is 29.7 Å². The fourth-order valence-electron chi connectivity index (χ4n) is 3.96. The molecule has 0 aliphatic rings. The van der Waals surface area contributed by atoms with Crippen molar-refractivity contribution in [2.24, 2.45) is 5.92 Å². The van der Waals surface area contributed by atoms with Crippen LogP contribution in [0.5, 0.6) is 0 Å². The van der Waals surface area contributed by atoms with Crippen molar-refractivity contribution in [2.45, 2.75) is 98.8 Å². The zero-order valence-electron chi connectivity index (χ0n) is 23.4. The third-order valence-corrected chi connectivity index (χ3v) is 6.14. The molecule has 0 aromatic heterocycles. The van der Waals surface area contributed by atoms with E-state index in [2.05, 4.69) is 17.6 Å². The summed E-state index contributed by atoms with van der Waals surface area (Å²) in [6.07, 6.45) is 2.78. The Morgan fingerprint density at radius 2 is 1.78 bits per heavy atom. The number of amides is 3. The van der Waals surface area contributed by atoms with Gasteiger partial charge in [-0.3, -0.25) is 9.59 Å². The van der Waals surface area contributed by atoms with Crippen molar-refractivity contribution in [2.75, 3.05) is 19.7 Å². The maximum absolute atomic E-state index is 14.0. The number of hydrogen-bond acceptors (Lipinski definition) is 5. The van der Waals surface area contributed by atoms with Crippen molar-refractivity contribution >= 4 is 17.9 Å². The van der Waals surface area contributed by atoms with E-state index >= 15 is 0 Å². The maximum Gasteiger partial charge on any atom is 0.408 e. The van der Waals surface area contributed by atoms with Gasteiger partial charge in [0, 0.05) is 13.1 Å². The molecule has 0 aliphatic heterocycles. The summed E-state index contributed by atoms with van der Waals surface area (Å²) in [5, 5.41) is 15.6. The first-order valence-corrected chi connectivity index (χ1v) is 13.1. The van der Waals surface area contributed by atoms with E-state index in [4.69, 9.17) is 4.74 Å². The fraction of sp³-hybridized carbons (Fsp3) is 0.679. The van der Waals surface area contributed by atoms with Gasteiger partial charge in [0.1, 0.15) is 17.7 Å². The molecule has 0 bridgehead atoms. The second-order valence-electron chi connectivity index (χ2n) is 10.5. The van der Waals surface area contributed by atoms with E-state index in [1.807, 2.05) is 45.9 Å². The van der Waals surface area contributed by atoms with Gasteiger partial charge in [0.25, 0.3) is 0 Å². The smallest absolute Gasteiger partial charge is 0.408 e. The molecule has 0 radical (unpaired) electrons. The van der Waals surface area contributed by atoms with Crippen LogP contribution < -0.4 is 10.6 Å². The third-order valence-electron chi connectivity index (χ3n) is 6.14. The highest BCUT2D eigenvalue weighted by Gasteiger charge is 2.38. The van der Waals surface area contributed by atoms with Gasteiger partial charge in [0.05, 0.1) is 6.61 Å². The van der Waals surface area contributed by atoms with Crippen LogP contribution in [0.15, 0.2) is 18.2 Å². The van der Waals surface area contributed by atoms with E-state index in [1.54, 1.807) is 20.8 Å². The summed E-state index contributed by atoms with van der Waals surface area (Å²) >= 11 is 0. The van der Waals surface area contributed by atoms with Gasteiger partial charge >= 0.3 is 6.09 Å². The summed E-state index contributed by atoms with van der Waals surface area (Å²) in [5.74, 6) is -0.960. The Balaban J connectivity index is 3.46. The van der Waals surface area contributed by atoms with Gasteiger partial charge in [0.15, 0.2) is 0 Å². The zero-order valence-corrected chi connectivity index (χ0v) is 23.4. The third kappa shape index (κ3) is 9.80. The lowest BCUT2D eigenvalue weighted by molar-refractivity contribution is -0.144. The van der Waals surface area contributed by atoms with Crippen molar-refractivity contribution < 1.29 is 24.2 Å². The lowest BCUT2D eigenvalue weighted by Crippen LogP contribution is -2.55. The number of unbranched alkanes of at least 4 members (excludes halogenated alkanes) is 2. The number of carbonyl (C=O) groups is 3. The summed E-state index contributed by atoms with van der Waals surface area (Å²) < 4.78 is 5.41. The molecule has 3 N–H and O–H groups in total. The molecule has 204 valence electrons. The van der Waals surface area contributed by atoms with Crippen molar-refractivity contribution in [3.63, 3.8) is 0 Å². The molecule has 0 fully saturated rings. The Hall–Kier alpha value is -2.61. The van der Waals surface area contributed by atoms with Gasteiger partial charge in [0.2, 0.25) is 11.8 Å². The van der Waals surface area contributed by atoms with Gasteiger partial charge in [-0.2, -0.15) is 0 Å². The minimum absolute atomic E-state index is 0.0534. The first-order chi connectivity index (χ1) is 16.9. The lowest BCUT2D eigenvalue weighted by atomic mass is 9.93. The molecule has 3 amide bonds.